The van der Waals surface area contributed by atoms with E-state index in [2.05, 4.69) is 29.9 Å². The van der Waals surface area contributed by atoms with Crippen LogP contribution in [-0.2, 0) is 36.7 Å². The lowest BCUT2D eigenvalue weighted by atomic mass is 10.1. The predicted octanol–water partition coefficient (Wildman–Crippen LogP) is -1.75. The maximum atomic E-state index is 13.3. The van der Waals surface area contributed by atoms with E-state index in [9.17, 15) is 33.6 Å². The topological polar surface area (TPSA) is 326 Å². The van der Waals surface area contributed by atoms with Crippen LogP contribution in [0, 0.1) is 0 Å². The number of rotatable bonds is 3. The van der Waals surface area contributed by atoms with E-state index in [0.29, 0.717) is 0 Å². The molecule has 3 aliphatic heterocycles. The van der Waals surface area contributed by atoms with E-state index in [-0.39, 0.29) is 34.0 Å². The first-order valence-electron chi connectivity index (χ1n) is 13.7. The monoisotopic (exact) mass is 700 g/mol. The molecule has 8 N–H and O–H groups in total. The molecule has 0 saturated carbocycles. The molecular formula is C22H26N10O13P2. The number of carbonyl (C=O) groups is 1. The van der Waals surface area contributed by atoms with Crippen molar-refractivity contribution in [1.29, 1.82) is 0 Å². The number of nitrogens with two attached hydrogens (primary N) is 2. The smallest absolute Gasteiger partial charge is 0.386 e. The third-order valence-electron chi connectivity index (χ3n) is 7.72. The molecule has 10 atom stereocenters. The number of hydrogen-bond acceptors (Lipinski definition) is 18. The Morgan fingerprint density at radius 3 is 2.26 bits per heavy atom. The first kappa shape index (κ1) is 32.0. The van der Waals surface area contributed by atoms with Gasteiger partial charge in [0.1, 0.15) is 48.1 Å². The average Bonchev–Trinajstić information content (AvgIpc) is 3.76. The van der Waals surface area contributed by atoms with E-state index in [4.69, 9.17) is 39.0 Å². The zero-order chi connectivity index (χ0) is 33.4. The average molecular weight is 700 g/mol. The van der Waals surface area contributed by atoms with Gasteiger partial charge in [0.05, 0.1) is 31.9 Å². The molecule has 0 spiro atoms. The van der Waals surface area contributed by atoms with Crippen molar-refractivity contribution in [3.63, 3.8) is 0 Å². The molecule has 4 aromatic heterocycles. The third-order valence-corrected chi connectivity index (χ3v) is 9.69. The minimum absolute atomic E-state index is 0.00175. The fraction of sp³-hybridized carbons (Fsp3) is 0.500. The second kappa shape index (κ2) is 11.5. The number of nitrogens with one attached hydrogen (secondary N) is 1. The van der Waals surface area contributed by atoms with Crippen molar-refractivity contribution in [1.82, 2.24) is 39.0 Å². The van der Waals surface area contributed by atoms with Crippen molar-refractivity contribution < 1.29 is 56.4 Å². The first-order valence-corrected chi connectivity index (χ1v) is 16.7. The summed E-state index contributed by atoms with van der Waals surface area (Å²) in [6.45, 7) is -0.260. The fourth-order valence-corrected chi connectivity index (χ4v) is 7.50. The summed E-state index contributed by atoms with van der Waals surface area (Å²) in [5.41, 5.74) is 11.2. The van der Waals surface area contributed by atoms with Crippen LogP contribution in [0.4, 0.5) is 5.95 Å². The lowest BCUT2D eigenvalue weighted by Gasteiger charge is -2.26. The van der Waals surface area contributed by atoms with Gasteiger partial charge in [-0.05, 0) is 0 Å². The van der Waals surface area contributed by atoms with Gasteiger partial charge in [-0.2, -0.15) is 4.98 Å². The van der Waals surface area contributed by atoms with Crippen molar-refractivity contribution in [2.45, 2.75) is 55.9 Å². The summed E-state index contributed by atoms with van der Waals surface area (Å²) in [6.07, 6.45) is -7.04. The Morgan fingerprint density at radius 2 is 1.55 bits per heavy atom. The number of aliphatic hydroxyl groups is 1. The molecule has 0 radical (unpaired) electrons. The molecule has 2 unspecified atom stereocenters. The number of imidazole rings is 2. The van der Waals surface area contributed by atoms with Gasteiger partial charge >= 0.3 is 15.6 Å². The molecule has 3 fully saturated rings. The molecule has 47 heavy (non-hydrogen) atoms. The van der Waals surface area contributed by atoms with Gasteiger partial charge in [-0.1, -0.05) is 0 Å². The minimum Gasteiger partial charge on any atom is -0.386 e. The molecule has 0 amide bonds. The Labute approximate surface area is 261 Å². The number of hydrogen-bond donors (Lipinski definition) is 6. The standard InChI is InChI=1S/C22H26N10O13P2/c1-7(33)11-12-17(26-4-25-11)31(5-27-12)20-14(34)15-9(43-20)3-41-47(38,39)45-16-10(23)8(2-40-46(36,37)44-15)42-21(16)32-6-28-13-18(32)29-22(24)30-19(13)35/h4-6,8-10,14-16,20-21,34H,2-3,23H2,1H3,(H,36,37)(H,38,39)(H3,24,29,30,35)/t8-,9-,10-,14-,15-,16-,20-,21-/m1/s1. The summed E-state index contributed by atoms with van der Waals surface area (Å²) in [6, 6.07) is -1.29. The molecule has 0 aromatic carbocycles. The van der Waals surface area contributed by atoms with Gasteiger partial charge in [0, 0.05) is 6.92 Å². The molecule has 3 aliphatic rings. The lowest BCUT2D eigenvalue weighted by molar-refractivity contribution is -0.0670. The lowest BCUT2D eigenvalue weighted by Crippen LogP contribution is -2.42. The quantitative estimate of drug-likeness (QED) is 0.102. The van der Waals surface area contributed by atoms with E-state index in [0.717, 1.165) is 12.7 Å². The van der Waals surface area contributed by atoms with Crippen LogP contribution in [0.3, 0.4) is 0 Å². The van der Waals surface area contributed by atoms with E-state index in [1.54, 1.807) is 0 Å². The number of nitrogen functional groups attached to an aromatic ring is 1. The van der Waals surface area contributed by atoms with Crippen LogP contribution in [0.15, 0.2) is 23.8 Å². The Bertz CT molecular complexity index is 2040. The van der Waals surface area contributed by atoms with Crippen LogP contribution in [0.1, 0.15) is 29.9 Å². The summed E-state index contributed by atoms with van der Waals surface area (Å²) >= 11 is 0. The van der Waals surface area contributed by atoms with Gasteiger partial charge in [0.15, 0.2) is 35.1 Å². The highest BCUT2D eigenvalue weighted by Gasteiger charge is 2.53. The molecule has 4 aromatic rings. The summed E-state index contributed by atoms with van der Waals surface area (Å²) in [5.74, 6) is -0.667. The first-order chi connectivity index (χ1) is 22.2. The highest BCUT2D eigenvalue weighted by molar-refractivity contribution is 7.47. The van der Waals surface area contributed by atoms with Crippen molar-refractivity contribution in [3.8, 4) is 0 Å². The number of Topliss-reactive ketones (excluding diaryl/α,β-unsaturated/α-hetero) is 1. The molecule has 23 nitrogen and oxygen atoms in total. The van der Waals surface area contributed by atoms with Gasteiger partial charge in [0.2, 0.25) is 5.95 Å². The number of aromatic amines is 1. The maximum absolute atomic E-state index is 13.3. The van der Waals surface area contributed by atoms with Crippen molar-refractivity contribution in [2.24, 2.45) is 5.73 Å². The second-order valence-electron chi connectivity index (χ2n) is 10.7. The molecular weight excluding hydrogens is 674 g/mol. The Morgan fingerprint density at radius 1 is 0.936 bits per heavy atom. The number of phosphoric acid groups is 2. The number of carbonyl (C=O) groups excluding carboxylic acids is 1. The SMILES string of the molecule is CC(=O)c1ncnc2c1ncn2[C@@H]1O[C@@H]2COP(=O)(O)O[C@@H]3[C@H](N)[C@@H](COP(=O)(O)O[C@H]2[C@H]1O)O[C@H]3n1cnc2c(=O)[nH]c(N)nc21. The molecule has 2 bridgehead atoms. The summed E-state index contributed by atoms with van der Waals surface area (Å²) < 4.78 is 61.8. The largest absolute Gasteiger partial charge is 0.472 e. The summed E-state index contributed by atoms with van der Waals surface area (Å²) in [7, 11) is -10.1. The molecule has 3 saturated heterocycles. The number of phosphoric ester groups is 2. The Balaban J connectivity index is 1.20. The van der Waals surface area contributed by atoms with Crippen LogP contribution in [0.5, 0.6) is 0 Å². The Kier molecular flexibility index (Phi) is 7.86. The van der Waals surface area contributed by atoms with Crippen LogP contribution in [0.2, 0.25) is 0 Å². The van der Waals surface area contributed by atoms with Crippen molar-refractivity contribution in [2.75, 3.05) is 18.9 Å². The van der Waals surface area contributed by atoms with E-state index < -0.39 is 89.2 Å². The molecule has 0 aliphatic carbocycles. The number of anilines is 1. The predicted molar refractivity (Wildman–Crippen MR) is 151 cm³/mol. The number of H-pyrrole nitrogens is 1. The van der Waals surface area contributed by atoms with Crippen molar-refractivity contribution in [3.05, 3.63) is 35.0 Å². The van der Waals surface area contributed by atoms with Crippen LogP contribution >= 0.6 is 15.6 Å². The molecule has 25 heteroatoms. The third kappa shape index (κ3) is 5.69. The number of ketones is 1. The zero-order valence-electron chi connectivity index (χ0n) is 23.9. The van der Waals surface area contributed by atoms with Crippen LogP contribution in [0.25, 0.3) is 22.3 Å². The number of nitrogens with zero attached hydrogens (tertiary/aromatic N) is 7. The minimum atomic E-state index is -5.07. The van der Waals surface area contributed by atoms with E-state index in [1.165, 1.54) is 22.4 Å². The highest BCUT2D eigenvalue weighted by Crippen LogP contribution is 2.53. The Hall–Kier alpha value is -3.57. The van der Waals surface area contributed by atoms with E-state index in [1.807, 2.05) is 0 Å². The van der Waals surface area contributed by atoms with Crippen molar-refractivity contribution >= 4 is 49.7 Å². The molecule has 252 valence electrons. The number of aromatic nitrogens is 8. The van der Waals surface area contributed by atoms with Gasteiger partial charge in [-0.3, -0.25) is 41.8 Å². The van der Waals surface area contributed by atoms with Crippen LogP contribution < -0.4 is 17.0 Å². The van der Waals surface area contributed by atoms with Crippen LogP contribution in [-0.4, -0.2) is 109 Å². The second-order valence-corrected chi connectivity index (χ2v) is 13.6. The van der Waals surface area contributed by atoms with Gasteiger partial charge in [-0.25, -0.2) is 29.1 Å². The summed E-state index contributed by atoms with van der Waals surface area (Å²) in [4.78, 5) is 68.3. The highest BCUT2D eigenvalue weighted by atomic mass is 31.2. The molecule has 7 rings (SSSR count). The number of fused-ring (bicyclic) bond motifs is 5. The molecule has 7 heterocycles. The maximum Gasteiger partial charge on any atom is 0.472 e. The number of ether oxygens (including phenoxy) is 2. The normalized spacial score (nSPS) is 36.5. The van der Waals surface area contributed by atoms with Gasteiger partial charge in [-0.15, -0.1) is 0 Å². The number of aliphatic hydroxyl groups excluding tert-OH is 1. The van der Waals surface area contributed by atoms with E-state index >= 15 is 0 Å². The zero-order valence-corrected chi connectivity index (χ0v) is 25.7. The fourth-order valence-electron chi connectivity index (χ4n) is 5.59. The van der Waals surface area contributed by atoms with Gasteiger partial charge < -0.3 is 35.8 Å². The van der Waals surface area contributed by atoms with Gasteiger partial charge in [0.25, 0.3) is 5.56 Å². The summed E-state index contributed by atoms with van der Waals surface area (Å²) in [5, 5.41) is 11.2.